The molecule has 0 unspecified atom stereocenters. The standard InChI is InChI=1S/C15H18FN3O/c1-8-4-10(6-18-3)5-11(12(8)16)7-19-14-13(17)9(2)15(14)20/h4-5,18-19H,2,6-7,17H2,1,3H3. The second-order valence-corrected chi connectivity index (χ2v) is 4.87. The van der Waals surface area contributed by atoms with E-state index < -0.39 is 0 Å². The van der Waals surface area contributed by atoms with Crippen LogP contribution in [0.15, 0.2) is 35.7 Å². The number of aryl methyl sites for hydroxylation is 1. The molecule has 1 aromatic rings. The van der Waals surface area contributed by atoms with Gasteiger partial charge in [0.2, 0.25) is 5.78 Å². The highest BCUT2D eigenvalue weighted by Crippen LogP contribution is 2.23. The normalized spacial score (nSPS) is 14.6. The third kappa shape index (κ3) is 2.44. The summed E-state index contributed by atoms with van der Waals surface area (Å²) < 4.78 is 14.1. The van der Waals surface area contributed by atoms with Crippen LogP contribution in [0.1, 0.15) is 16.7 Å². The highest BCUT2D eigenvalue weighted by atomic mass is 19.1. The topological polar surface area (TPSA) is 67.2 Å². The number of ketones is 1. The van der Waals surface area contributed by atoms with E-state index >= 15 is 0 Å². The van der Waals surface area contributed by atoms with E-state index in [1.165, 1.54) is 0 Å². The number of carbonyl (C=O) groups excluding carboxylic acids is 1. The summed E-state index contributed by atoms with van der Waals surface area (Å²) in [5.74, 6) is -0.465. The predicted molar refractivity (Wildman–Crippen MR) is 76.1 cm³/mol. The van der Waals surface area contributed by atoms with Crippen molar-refractivity contribution in [1.82, 2.24) is 10.6 Å². The number of halogens is 1. The van der Waals surface area contributed by atoms with Gasteiger partial charge in [-0.25, -0.2) is 4.39 Å². The van der Waals surface area contributed by atoms with Gasteiger partial charge in [-0.2, -0.15) is 0 Å². The largest absolute Gasteiger partial charge is 0.396 e. The van der Waals surface area contributed by atoms with Crippen molar-refractivity contribution < 1.29 is 9.18 Å². The molecule has 0 spiro atoms. The van der Waals surface area contributed by atoms with Gasteiger partial charge in [0.25, 0.3) is 0 Å². The number of rotatable bonds is 5. The predicted octanol–water partition coefficient (Wildman–Crippen LogP) is 1.25. The van der Waals surface area contributed by atoms with Crippen LogP contribution in [0, 0.1) is 12.7 Å². The quantitative estimate of drug-likeness (QED) is 0.708. The summed E-state index contributed by atoms with van der Waals surface area (Å²) in [7, 11) is 1.83. The third-order valence-corrected chi connectivity index (χ3v) is 3.32. The van der Waals surface area contributed by atoms with E-state index in [4.69, 9.17) is 5.73 Å². The van der Waals surface area contributed by atoms with E-state index in [2.05, 4.69) is 17.2 Å². The molecule has 0 aliphatic heterocycles. The lowest BCUT2D eigenvalue weighted by Crippen LogP contribution is -2.35. The third-order valence-electron chi connectivity index (χ3n) is 3.32. The van der Waals surface area contributed by atoms with Gasteiger partial charge in [0.05, 0.1) is 5.70 Å². The molecule has 1 aliphatic carbocycles. The minimum Gasteiger partial charge on any atom is -0.396 e. The van der Waals surface area contributed by atoms with E-state index in [1.54, 1.807) is 19.1 Å². The van der Waals surface area contributed by atoms with Gasteiger partial charge in [0.15, 0.2) is 0 Å². The Kier molecular flexibility index (Phi) is 3.90. The molecular formula is C15H18FN3O. The second-order valence-electron chi connectivity index (χ2n) is 4.87. The van der Waals surface area contributed by atoms with E-state index in [-0.39, 0.29) is 18.1 Å². The Morgan fingerprint density at radius 2 is 2.05 bits per heavy atom. The molecule has 0 saturated heterocycles. The van der Waals surface area contributed by atoms with Gasteiger partial charge < -0.3 is 16.4 Å². The number of hydrogen-bond donors (Lipinski definition) is 3. The van der Waals surface area contributed by atoms with Crippen molar-refractivity contribution in [2.45, 2.75) is 20.0 Å². The number of nitrogens with one attached hydrogen (secondary N) is 2. The van der Waals surface area contributed by atoms with Gasteiger partial charge in [-0.15, -0.1) is 0 Å². The van der Waals surface area contributed by atoms with Gasteiger partial charge in [-0.3, -0.25) is 4.79 Å². The molecule has 20 heavy (non-hydrogen) atoms. The van der Waals surface area contributed by atoms with Crippen LogP contribution < -0.4 is 16.4 Å². The molecule has 2 rings (SSSR count). The molecule has 0 bridgehead atoms. The second kappa shape index (κ2) is 5.46. The number of nitrogens with two attached hydrogens (primary N) is 1. The Labute approximate surface area is 117 Å². The van der Waals surface area contributed by atoms with E-state index in [1.807, 2.05) is 7.05 Å². The Morgan fingerprint density at radius 1 is 1.35 bits per heavy atom. The molecule has 0 radical (unpaired) electrons. The molecule has 106 valence electrons. The molecule has 0 fully saturated rings. The maximum atomic E-state index is 14.1. The Bertz CT molecular complexity index is 620. The first-order valence-corrected chi connectivity index (χ1v) is 6.35. The first-order valence-electron chi connectivity index (χ1n) is 6.35. The van der Waals surface area contributed by atoms with Crippen LogP contribution in [0.4, 0.5) is 4.39 Å². The van der Waals surface area contributed by atoms with Crippen LogP contribution in [-0.2, 0) is 17.9 Å². The molecule has 4 N–H and O–H groups in total. The Balaban J connectivity index is 2.18. The van der Waals surface area contributed by atoms with Gasteiger partial charge in [0, 0.05) is 24.2 Å². The molecule has 0 saturated carbocycles. The minimum atomic E-state index is -0.262. The van der Waals surface area contributed by atoms with Crippen LogP contribution in [0.5, 0.6) is 0 Å². The number of carbonyl (C=O) groups is 1. The minimum absolute atomic E-state index is 0.203. The maximum Gasteiger partial charge on any atom is 0.212 e. The van der Waals surface area contributed by atoms with Crippen molar-refractivity contribution >= 4 is 5.78 Å². The molecular weight excluding hydrogens is 257 g/mol. The summed E-state index contributed by atoms with van der Waals surface area (Å²) in [6.07, 6.45) is 0. The Morgan fingerprint density at radius 3 is 2.65 bits per heavy atom. The zero-order valence-corrected chi connectivity index (χ0v) is 11.6. The lowest BCUT2D eigenvalue weighted by molar-refractivity contribution is -0.113. The monoisotopic (exact) mass is 275 g/mol. The van der Waals surface area contributed by atoms with Gasteiger partial charge in [0.1, 0.15) is 11.5 Å². The molecule has 0 aromatic heterocycles. The zero-order valence-electron chi connectivity index (χ0n) is 11.6. The molecule has 1 aliphatic rings. The number of hydrogen-bond acceptors (Lipinski definition) is 4. The fourth-order valence-corrected chi connectivity index (χ4v) is 2.20. The molecule has 1 aromatic carbocycles. The van der Waals surface area contributed by atoms with Crippen LogP contribution in [-0.4, -0.2) is 12.8 Å². The van der Waals surface area contributed by atoms with Crippen molar-refractivity contribution in [3.05, 3.63) is 58.2 Å². The van der Waals surface area contributed by atoms with Gasteiger partial charge in [-0.1, -0.05) is 12.6 Å². The van der Waals surface area contributed by atoms with Crippen molar-refractivity contribution in [3.63, 3.8) is 0 Å². The smallest absolute Gasteiger partial charge is 0.212 e. The number of benzene rings is 1. The van der Waals surface area contributed by atoms with Crippen LogP contribution in [0.25, 0.3) is 0 Å². The first-order chi connectivity index (χ1) is 9.45. The SMILES string of the molecule is C=C1C(=O)C(NCc2cc(CNC)cc(C)c2F)=C1N. The van der Waals surface area contributed by atoms with Crippen LogP contribution >= 0.6 is 0 Å². The lowest BCUT2D eigenvalue weighted by atomic mass is 9.93. The first kappa shape index (κ1) is 14.3. The highest BCUT2D eigenvalue weighted by molar-refractivity contribution is 6.18. The summed E-state index contributed by atoms with van der Waals surface area (Å²) in [4.78, 5) is 11.5. The highest BCUT2D eigenvalue weighted by Gasteiger charge is 2.29. The molecule has 0 atom stereocenters. The molecule has 4 nitrogen and oxygen atoms in total. The van der Waals surface area contributed by atoms with Gasteiger partial charge >= 0.3 is 0 Å². The van der Waals surface area contributed by atoms with Crippen molar-refractivity contribution in [2.75, 3.05) is 7.05 Å². The van der Waals surface area contributed by atoms with Crippen molar-refractivity contribution in [1.29, 1.82) is 0 Å². The summed E-state index contributed by atoms with van der Waals surface area (Å²) in [6.45, 7) is 6.15. The zero-order chi connectivity index (χ0) is 14.9. The number of Topliss-reactive ketones (excluding diaryl/α,β-unsaturated/α-hetero) is 1. The summed E-state index contributed by atoms with van der Waals surface area (Å²) >= 11 is 0. The maximum absolute atomic E-state index is 14.1. The van der Waals surface area contributed by atoms with E-state index in [9.17, 15) is 9.18 Å². The number of allylic oxidation sites excluding steroid dienone is 2. The summed E-state index contributed by atoms with van der Waals surface area (Å²) in [5, 5.41) is 5.91. The average Bonchev–Trinajstić information content (AvgIpc) is 2.43. The van der Waals surface area contributed by atoms with E-state index in [0.717, 1.165) is 5.56 Å². The van der Waals surface area contributed by atoms with Crippen molar-refractivity contribution in [2.24, 2.45) is 5.73 Å². The molecule has 5 heteroatoms. The Hall–Kier alpha value is -2.14. The van der Waals surface area contributed by atoms with Gasteiger partial charge in [-0.05, 0) is 31.2 Å². The van der Waals surface area contributed by atoms with Crippen LogP contribution in [0.3, 0.4) is 0 Å². The molecule has 0 heterocycles. The fraction of sp³-hybridized carbons (Fsp3) is 0.267. The van der Waals surface area contributed by atoms with E-state index in [0.29, 0.717) is 34.6 Å². The summed E-state index contributed by atoms with van der Waals surface area (Å²) in [6, 6.07) is 3.58. The fourth-order valence-electron chi connectivity index (χ4n) is 2.20. The van der Waals surface area contributed by atoms with Crippen molar-refractivity contribution in [3.8, 4) is 0 Å². The average molecular weight is 275 g/mol. The van der Waals surface area contributed by atoms with Crippen LogP contribution in [0.2, 0.25) is 0 Å². The summed E-state index contributed by atoms with van der Waals surface area (Å²) in [5.41, 5.74) is 8.75. The lowest BCUT2D eigenvalue weighted by Gasteiger charge is -2.23. The molecule has 0 amide bonds.